The lowest BCUT2D eigenvalue weighted by Crippen LogP contribution is -2.64. The molecule has 22 nitrogen and oxygen atoms in total. The molecule has 25 heteroatoms. The molecule has 3 amide bonds. The predicted octanol–water partition coefficient (Wildman–Crippen LogP) is -5.42. The number of carbonyl (C=O) groups is 3. The number of aliphatic hydroxyl groups is 12. The van der Waals surface area contributed by atoms with Crippen LogP contribution in [0.25, 0.3) is 0 Å². The van der Waals surface area contributed by atoms with Gasteiger partial charge in [-0.1, -0.05) is 0 Å². The highest BCUT2D eigenvalue weighted by atomic mass is 127. The first-order chi connectivity index (χ1) is 25.6. The first-order valence-corrected chi connectivity index (χ1v) is 19.5. The van der Waals surface area contributed by atoms with Gasteiger partial charge in [0.25, 0.3) is 5.91 Å². The molecule has 3 heterocycles. The van der Waals surface area contributed by atoms with Gasteiger partial charge in [-0.3, -0.25) is 14.4 Å². The van der Waals surface area contributed by atoms with Gasteiger partial charge in [-0.25, -0.2) is 0 Å². The molecule has 0 aliphatic carbocycles. The van der Waals surface area contributed by atoms with Gasteiger partial charge in [-0.2, -0.15) is 0 Å². The fraction of sp³-hybridized carbons (Fsp3) is 0.700. The Labute approximate surface area is 353 Å². The second-order valence-electron chi connectivity index (χ2n) is 12.6. The van der Waals surface area contributed by atoms with Crippen molar-refractivity contribution in [3.05, 3.63) is 16.3 Å². The maximum atomic E-state index is 13.2. The molecule has 1 aromatic carbocycles. The average molecular weight is 1130 g/mol. The van der Waals surface area contributed by atoms with Crippen LogP contribution in [0.5, 0.6) is 0 Å². The van der Waals surface area contributed by atoms with Crippen molar-refractivity contribution in [1.29, 1.82) is 0 Å². The summed E-state index contributed by atoms with van der Waals surface area (Å²) in [6.07, 6.45) is -18.7. The van der Waals surface area contributed by atoms with E-state index in [4.69, 9.17) is 29.2 Å². The monoisotopic (exact) mass is 1130 g/mol. The molecule has 3 fully saturated rings. The summed E-state index contributed by atoms with van der Waals surface area (Å²) in [5.74, 6) is -3.64. The topological polar surface area (TPSA) is 358 Å². The predicted molar refractivity (Wildman–Crippen MR) is 208 cm³/mol. The largest absolute Gasteiger partial charge is 0.394 e. The second kappa shape index (κ2) is 20.4. The van der Waals surface area contributed by atoms with Crippen LogP contribution in [-0.4, -0.2) is 198 Å². The summed E-state index contributed by atoms with van der Waals surface area (Å²) in [4.78, 5) is 38.4. The van der Waals surface area contributed by atoms with E-state index in [0.29, 0.717) is 22.1 Å². The van der Waals surface area contributed by atoms with E-state index in [-0.39, 0.29) is 17.4 Å². The Kier molecular flexibility index (Phi) is 18.0. The first kappa shape index (κ1) is 48.5. The summed E-state index contributed by atoms with van der Waals surface area (Å²) < 4.78 is 21.8. The minimum absolute atomic E-state index is 0.0941. The van der Waals surface area contributed by atoms with Crippen LogP contribution in [0.3, 0.4) is 0 Å². The minimum atomic E-state index is -2.22. The van der Waals surface area contributed by atoms with Crippen LogP contribution in [0.15, 0.2) is 0 Å². The molecule has 0 spiro atoms. The number of benzene rings is 1. The second-order valence-corrected chi connectivity index (χ2v) is 15.8. The standard InChI is InChI=1S/C18H22I3N3O8.C12H22O11/c1-5(26)22-12-9(19)8(10(20)14(11(12)21)24(3)6(2)27)17(30)23-13-16(29)15(28)7(4-25)32-18(13)31;13-1-4-6(16)8(18)9(19)11(21-4)23-12(3-15)10(20)7(17)5(2-14)22-12/h7,13,15-16,18,25,28-29,31H,4H2,1-3H3,(H,22,26)(H,23,30);4-11,13-20H,1-3H2/t7-,13-,15-,16-,18?;4-,5-,6-,7-,8+,9-,10+,11-,12+/m11/s1. The molecule has 0 saturated carbocycles. The zero-order valence-corrected chi connectivity index (χ0v) is 35.6. The van der Waals surface area contributed by atoms with E-state index >= 15 is 0 Å². The number of ether oxygens (including phenoxy) is 4. The van der Waals surface area contributed by atoms with Crippen LogP contribution in [0.4, 0.5) is 11.4 Å². The summed E-state index contributed by atoms with van der Waals surface area (Å²) in [6.45, 7) is -0.295. The third-order valence-corrected chi connectivity index (χ3v) is 12.1. The molecule has 55 heavy (non-hydrogen) atoms. The third kappa shape index (κ3) is 10.3. The Morgan fingerprint density at radius 2 is 1.29 bits per heavy atom. The van der Waals surface area contributed by atoms with Gasteiger partial charge in [0.05, 0.1) is 47.5 Å². The number of carbonyl (C=O) groups excluding carboxylic acids is 3. The zero-order chi connectivity index (χ0) is 41.9. The number of nitrogens with zero attached hydrogens (tertiary/aromatic N) is 1. The summed E-state index contributed by atoms with van der Waals surface area (Å²) >= 11 is 5.78. The van der Waals surface area contributed by atoms with E-state index in [2.05, 4.69) is 10.6 Å². The van der Waals surface area contributed by atoms with Gasteiger partial charge in [0, 0.05) is 20.9 Å². The highest BCUT2D eigenvalue weighted by Gasteiger charge is 2.58. The third-order valence-electron chi connectivity index (χ3n) is 8.90. The number of rotatable bonds is 10. The molecular weight excluding hydrogens is 1090 g/mol. The smallest absolute Gasteiger partial charge is 0.254 e. The van der Waals surface area contributed by atoms with Crippen molar-refractivity contribution in [2.45, 2.75) is 99.3 Å². The Hall–Kier alpha value is -0.820. The quantitative estimate of drug-likeness (QED) is 0.0973. The summed E-state index contributed by atoms with van der Waals surface area (Å²) in [5, 5.41) is 122. The molecule has 1 unspecified atom stereocenters. The summed E-state index contributed by atoms with van der Waals surface area (Å²) in [5.41, 5.74) is 0.819. The lowest BCUT2D eigenvalue weighted by atomic mass is 9.96. The van der Waals surface area contributed by atoms with Gasteiger partial charge in [0.1, 0.15) is 73.7 Å². The van der Waals surface area contributed by atoms with Crippen LogP contribution < -0.4 is 15.5 Å². The summed E-state index contributed by atoms with van der Waals surface area (Å²) in [7, 11) is 1.53. The fourth-order valence-corrected chi connectivity index (χ4v) is 10.3. The van der Waals surface area contributed by atoms with Crippen molar-refractivity contribution < 1.29 is 94.6 Å². The molecule has 0 radical (unpaired) electrons. The Balaban J connectivity index is 0.000000311. The first-order valence-electron chi connectivity index (χ1n) is 16.2. The molecule has 14 atom stereocenters. The lowest BCUT2D eigenvalue weighted by Gasteiger charge is -2.43. The van der Waals surface area contributed by atoms with E-state index < -0.39 is 118 Å². The van der Waals surface area contributed by atoms with Crippen molar-refractivity contribution >= 4 is 96.9 Å². The number of amides is 3. The van der Waals surface area contributed by atoms with Crippen LogP contribution in [0.2, 0.25) is 0 Å². The van der Waals surface area contributed by atoms with E-state index in [9.17, 15) is 65.4 Å². The SMILES string of the molecule is CC(=O)Nc1c(I)c(C(=O)N[C@H]2C(O)O[C@H](CO)[C@@H](O)[C@@H]2O)c(I)c(N(C)C(C)=O)c1I.OC[C@H]1O[C@@](CO)(O[C@H]2O[C@H](CO)[C@@H](O)[C@H](O)[C@H]2O)[C@@H](O)[C@@H]1O. The zero-order valence-electron chi connectivity index (χ0n) is 29.1. The number of aliphatic hydroxyl groups excluding tert-OH is 12. The van der Waals surface area contributed by atoms with Crippen molar-refractivity contribution in [3.63, 3.8) is 0 Å². The molecule has 1 aromatic rings. The van der Waals surface area contributed by atoms with Crippen molar-refractivity contribution in [2.75, 3.05) is 43.7 Å². The van der Waals surface area contributed by atoms with Crippen molar-refractivity contribution in [2.24, 2.45) is 0 Å². The van der Waals surface area contributed by atoms with Crippen LogP contribution in [0, 0.1) is 10.7 Å². The van der Waals surface area contributed by atoms with Crippen molar-refractivity contribution in [1.82, 2.24) is 5.32 Å². The number of nitrogens with one attached hydrogen (secondary N) is 2. The normalized spacial score (nSPS) is 36.1. The van der Waals surface area contributed by atoms with Gasteiger partial charge in [0.15, 0.2) is 12.6 Å². The molecule has 0 aromatic heterocycles. The summed E-state index contributed by atoms with van der Waals surface area (Å²) in [6, 6.07) is -1.40. The molecule has 0 bridgehead atoms. The fourth-order valence-electron chi connectivity index (χ4n) is 5.70. The molecule has 3 saturated heterocycles. The van der Waals surface area contributed by atoms with Gasteiger partial charge in [-0.15, -0.1) is 0 Å². The molecule has 3 aliphatic rings. The van der Waals surface area contributed by atoms with Crippen LogP contribution in [-0.2, 0) is 28.5 Å². The lowest BCUT2D eigenvalue weighted by molar-refractivity contribution is -0.383. The van der Waals surface area contributed by atoms with E-state index in [1.54, 1.807) is 0 Å². The van der Waals surface area contributed by atoms with Crippen LogP contribution in [0.1, 0.15) is 24.2 Å². The van der Waals surface area contributed by atoms with Gasteiger partial charge in [-0.05, 0) is 67.8 Å². The number of hydrogen-bond acceptors (Lipinski definition) is 19. The van der Waals surface area contributed by atoms with Gasteiger partial charge < -0.3 is 95.8 Å². The Morgan fingerprint density at radius 3 is 1.78 bits per heavy atom. The number of anilines is 2. The van der Waals surface area contributed by atoms with Crippen LogP contribution >= 0.6 is 67.8 Å². The van der Waals surface area contributed by atoms with E-state index in [1.807, 2.05) is 67.8 Å². The van der Waals surface area contributed by atoms with E-state index in [0.717, 1.165) is 0 Å². The minimum Gasteiger partial charge on any atom is -0.394 e. The average Bonchev–Trinajstić information content (AvgIpc) is 3.38. The Bertz CT molecular complexity index is 1530. The highest BCUT2D eigenvalue weighted by Crippen LogP contribution is 2.41. The maximum absolute atomic E-state index is 13.2. The van der Waals surface area contributed by atoms with Gasteiger partial charge >= 0.3 is 0 Å². The Morgan fingerprint density at radius 1 is 0.745 bits per heavy atom. The molecule has 314 valence electrons. The highest BCUT2D eigenvalue weighted by molar-refractivity contribution is 14.1. The molecule has 14 N–H and O–H groups in total. The molecule has 4 rings (SSSR count). The van der Waals surface area contributed by atoms with Crippen molar-refractivity contribution in [3.8, 4) is 0 Å². The molecular formula is C30H44I3N3O19. The molecule has 3 aliphatic heterocycles. The van der Waals surface area contributed by atoms with E-state index in [1.165, 1.54) is 25.8 Å². The van der Waals surface area contributed by atoms with Gasteiger partial charge in [0.2, 0.25) is 17.6 Å². The maximum Gasteiger partial charge on any atom is 0.254 e. The number of hydrogen-bond donors (Lipinski definition) is 14. The number of halogens is 3.